The summed E-state index contributed by atoms with van der Waals surface area (Å²) in [5, 5.41) is 1.07. The monoisotopic (exact) mass is 440 g/mol. The van der Waals surface area contributed by atoms with E-state index in [9.17, 15) is 4.39 Å². The van der Waals surface area contributed by atoms with E-state index in [1.807, 2.05) is 31.2 Å². The number of halogens is 2. The lowest BCUT2D eigenvalue weighted by molar-refractivity contribution is 0.112. The van der Waals surface area contributed by atoms with Gasteiger partial charge in [0.25, 0.3) is 0 Å². The van der Waals surface area contributed by atoms with Gasteiger partial charge in [0.05, 0.1) is 0 Å². The Bertz CT molecular complexity index is 934. The van der Waals surface area contributed by atoms with Gasteiger partial charge in [-0.05, 0) is 91.8 Å². The van der Waals surface area contributed by atoms with E-state index in [0.717, 1.165) is 41.5 Å². The lowest BCUT2D eigenvalue weighted by atomic mass is 9.63. The van der Waals surface area contributed by atoms with Gasteiger partial charge in [-0.3, -0.25) is 0 Å². The molecule has 4 atom stereocenters. The van der Waals surface area contributed by atoms with Gasteiger partial charge in [0.2, 0.25) is 0 Å². The summed E-state index contributed by atoms with van der Waals surface area (Å²) in [5.41, 5.74) is 0.781. The maximum absolute atomic E-state index is 15.2. The molecule has 3 heteroatoms. The third-order valence-corrected chi connectivity index (χ3v) is 7.98. The van der Waals surface area contributed by atoms with Crippen LogP contribution >= 0.6 is 0 Å². The van der Waals surface area contributed by atoms with Crippen LogP contribution in [0.15, 0.2) is 36.4 Å². The topological polar surface area (TPSA) is 9.23 Å². The van der Waals surface area contributed by atoms with Gasteiger partial charge in [-0.2, -0.15) is 0 Å². The molecule has 2 aromatic carbocycles. The second-order valence-corrected chi connectivity index (χ2v) is 10.1. The highest BCUT2D eigenvalue weighted by molar-refractivity contribution is 5.85. The molecule has 0 aliphatic heterocycles. The van der Waals surface area contributed by atoms with E-state index in [4.69, 9.17) is 4.74 Å². The van der Waals surface area contributed by atoms with Crippen molar-refractivity contribution in [1.82, 2.24) is 0 Å². The maximum atomic E-state index is 15.2. The van der Waals surface area contributed by atoms with Crippen molar-refractivity contribution in [3.8, 4) is 5.75 Å². The summed E-state index contributed by atoms with van der Waals surface area (Å²) in [4.78, 5) is 0. The molecule has 32 heavy (non-hydrogen) atoms. The smallest absolute Gasteiger partial charge is 0.172 e. The molecule has 2 aromatic rings. The first-order valence-corrected chi connectivity index (χ1v) is 12.8. The molecule has 0 spiro atoms. The molecule has 0 aromatic heterocycles. The average Bonchev–Trinajstić information content (AvgIpc) is 2.80. The van der Waals surface area contributed by atoms with Crippen LogP contribution < -0.4 is 4.74 Å². The zero-order chi connectivity index (χ0) is 22.5. The summed E-state index contributed by atoms with van der Waals surface area (Å²) in [7, 11) is 0. The summed E-state index contributed by atoms with van der Waals surface area (Å²) in [5.74, 6) is 2.16. The molecule has 2 aliphatic rings. The second-order valence-electron chi connectivity index (χ2n) is 10.1. The van der Waals surface area contributed by atoms with Gasteiger partial charge in [0.1, 0.15) is 12.4 Å². The number of benzene rings is 2. The number of hydrogen-bond donors (Lipinski definition) is 0. The van der Waals surface area contributed by atoms with Gasteiger partial charge in [-0.25, -0.2) is 8.78 Å². The van der Waals surface area contributed by atoms with E-state index in [2.05, 4.69) is 6.92 Å². The number of ether oxygens (including phenoxy) is 1. The van der Waals surface area contributed by atoms with Crippen molar-refractivity contribution >= 4 is 10.8 Å². The molecule has 0 amide bonds. The number of hydrogen-bond acceptors (Lipinski definition) is 1. The predicted molar refractivity (Wildman–Crippen MR) is 129 cm³/mol. The zero-order valence-corrected chi connectivity index (χ0v) is 19.7. The van der Waals surface area contributed by atoms with Crippen molar-refractivity contribution in [3.05, 3.63) is 53.6 Å². The Morgan fingerprint density at radius 3 is 2.62 bits per heavy atom. The van der Waals surface area contributed by atoms with Crippen LogP contribution in [0.4, 0.5) is 8.78 Å². The zero-order valence-electron chi connectivity index (χ0n) is 19.7. The number of rotatable bonds is 8. The fourth-order valence-corrected chi connectivity index (χ4v) is 6.18. The molecule has 0 heterocycles. The minimum absolute atomic E-state index is 0.180. The SMILES string of the molecule is CC=CCOc1ccc2cc(C3CCC4CC(CCCCC)CCC4C3)c(F)cc2c1F. The highest BCUT2D eigenvalue weighted by Gasteiger charge is 2.36. The Kier molecular flexibility index (Phi) is 7.86. The molecule has 2 saturated carbocycles. The molecule has 0 bridgehead atoms. The summed E-state index contributed by atoms with van der Waals surface area (Å²) in [6, 6.07) is 6.81. The minimum atomic E-state index is -0.470. The fraction of sp³-hybridized carbons (Fsp3) is 0.586. The first-order chi connectivity index (χ1) is 15.6. The van der Waals surface area contributed by atoms with E-state index in [1.165, 1.54) is 57.4 Å². The lowest BCUT2D eigenvalue weighted by Gasteiger charge is -2.42. The molecule has 4 unspecified atom stereocenters. The van der Waals surface area contributed by atoms with Gasteiger partial charge in [-0.15, -0.1) is 0 Å². The number of allylic oxidation sites excluding steroid dienone is 1. The first kappa shape index (κ1) is 23.3. The van der Waals surface area contributed by atoms with Crippen molar-refractivity contribution in [2.75, 3.05) is 6.61 Å². The third kappa shape index (κ3) is 5.18. The van der Waals surface area contributed by atoms with Crippen LogP contribution in [0, 0.1) is 29.4 Å². The normalized spacial score (nSPS) is 25.9. The van der Waals surface area contributed by atoms with Crippen molar-refractivity contribution < 1.29 is 13.5 Å². The Hall–Kier alpha value is -1.90. The van der Waals surface area contributed by atoms with Crippen LogP contribution in [0.2, 0.25) is 0 Å². The predicted octanol–water partition coefficient (Wildman–Crippen LogP) is 8.95. The van der Waals surface area contributed by atoms with Crippen molar-refractivity contribution in [2.24, 2.45) is 17.8 Å². The quantitative estimate of drug-likeness (QED) is 0.294. The van der Waals surface area contributed by atoms with Crippen molar-refractivity contribution in [3.63, 3.8) is 0 Å². The molecular weight excluding hydrogens is 402 g/mol. The molecule has 0 radical (unpaired) electrons. The second kappa shape index (κ2) is 10.8. The molecular formula is C29H38F2O. The van der Waals surface area contributed by atoms with Crippen molar-refractivity contribution in [2.45, 2.75) is 84.0 Å². The molecule has 0 saturated heterocycles. The Labute approximate surface area is 192 Å². The fourth-order valence-electron chi connectivity index (χ4n) is 6.18. The number of fused-ring (bicyclic) bond motifs is 2. The molecule has 2 aliphatic carbocycles. The molecule has 174 valence electrons. The number of unbranched alkanes of at least 4 members (excludes halogenated alkanes) is 2. The van der Waals surface area contributed by atoms with Gasteiger partial charge >= 0.3 is 0 Å². The average molecular weight is 441 g/mol. The summed E-state index contributed by atoms with van der Waals surface area (Å²) in [6.07, 6.45) is 16.5. The third-order valence-electron chi connectivity index (χ3n) is 7.98. The van der Waals surface area contributed by atoms with E-state index in [1.54, 1.807) is 6.07 Å². The Morgan fingerprint density at radius 2 is 1.81 bits per heavy atom. The first-order valence-electron chi connectivity index (χ1n) is 12.8. The van der Waals surface area contributed by atoms with Gasteiger partial charge in [0.15, 0.2) is 11.6 Å². The largest absolute Gasteiger partial charge is 0.486 e. The van der Waals surface area contributed by atoms with E-state index in [0.29, 0.717) is 12.0 Å². The van der Waals surface area contributed by atoms with Crippen LogP contribution in [-0.4, -0.2) is 6.61 Å². The highest BCUT2D eigenvalue weighted by Crippen LogP contribution is 2.49. The summed E-state index contributed by atoms with van der Waals surface area (Å²) < 4.78 is 35.6. The van der Waals surface area contributed by atoms with Gasteiger partial charge in [-0.1, -0.05) is 57.2 Å². The van der Waals surface area contributed by atoms with E-state index in [-0.39, 0.29) is 17.5 Å². The van der Waals surface area contributed by atoms with Crippen LogP contribution in [0.5, 0.6) is 5.75 Å². The van der Waals surface area contributed by atoms with Crippen LogP contribution in [-0.2, 0) is 0 Å². The Balaban J connectivity index is 1.45. The lowest BCUT2D eigenvalue weighted by Crippen LogP contribution is -2.30. The van der Waals surface area contributed by atoms with Crippen LogP contribution in [0.25, 0.3) is 10.8 Å². The molecule has 1 nitrogen and oxygen atoms in total. The van der Waals surface area contributed by atoms with E-state index >= 15 is 4.39 Å². The van der Waals surface area contributed by atoms with Crippen LogP contribution in [0.1, 0.15) is 89.5 Å². The molecule has 0 N–H and O–H groups in total. The van der Waals surface area contributed by atoms with E-state index < -0.39 is 5.82 Å². The minimum Gasteiger partial charge on any atom is -0.486 e. The van der Waals surface area contributed by atoms with Crippen LogP contribution in [0.3, 0.4) is 0 Å². The Morgan fingerprint density at radius 1 is 1.00 bits per heavy atom. The summed E-state index contributed by atoms with van der Waals surface area (Å²) >= 11 is 0. The van der Waals surface area contributed by atoms with Gasteiger partial charge < -0.3 is 4.74 Å². The highest BCUT2D eigenvalue weighted by atomic mass is 19.1. The standard InChI is InChI=1S/C29H38F2O/c1-3-5-7-8-20-9-10-22-17-23(12-11-21(22)16-20)25-18-24-13-14-28(32-15-6-4-2)29(31)26(24)19-27(25)30/h4,6,13-14,18-23H,3,5,7-12,15-17H2,1-2H3. The summed E-state index contributed by atoms with van der Waals surface area (Å²) in [6.45, 7) is 4.48. The van der Waals surface area contributed by atoms with Crippen molar-refractivity contribution in [1.29, 1.82) is 0 Å². The molecule has 2 fully saturated rings. The molecule has 4 rings (SSSR count). The van der Waals surface area contributed by atoms with Gasteiger partial charge in [0, 0.05) is 5.39 Å². The maximum Gasteiger partial charge on any atom is 0.172 e.